The first-order valence-corrected chi connectivity index (χ1v) is 5.17. The van der Waals surface area contributed by atoms with E-state index in [1.807, 2.05) is 0 Å². The Kier molecular flexibility index (Phi) is 7.76. The largest absolute Gasteiger partial charge is 0.481 e. The van der Waals surface area contributed by atoms with Crippen LogP contribution >= 0.6 is 0 Å². The minimum absolute atomic E-state index is 0.613. The van der Waals surface area contributed by atoms with E-state index in [1.165, 1.54) is 25.7 Å². The number of carboxylic acid groups (broad SMARTS) is 1. The molecule has 76 valence electrons. The average Bonchev–Trinajstić information content (AvgIpc) is 2.10. The second-order valence-corrected chi connectivity index (χ2v) is 3.50. The topological polar surface area (TPSA) is 37.3 Å². The van der Waals surface area contributed by atoms with Gasteiger partial charge in [-0.3, -0.25) is 4.79 Å². The molecule has 0 aliphatic heterocycles. The molecule has 0 aromatic rings. The summed E-state index contributed by atoms with van der Waals surface area (Å²) in [6.45, 7) is 7.54. The van der Waals surface area contributed by atoms with E-state index in [4.69, 9.17) is 12.0 Å². The summed E-state index contributed by atoms with van der Waals surface area (Å²) < 4.78 is 0. The Bertz CT molecular complexity index is 132. The summed E-state index contributed by atoms with van der Waals surface area (Å²) in [6, 6.07) is 0. The number of carboxylic acids is 1. The summed E-state index contributed by atoms with van der Waals surface area (Å²) in [6.07, 6.45) is 7.66. The van der Waals surface area contributed by atoms with Crippen LogP contribution in [0, 0.1) is 12.8 Å². The molecule has 0 rings (SSSR count). The molecule has 13 heavy (non-hydrogen) atoms. The smallest absolute Gasteiger partial charge is 0.306 e. The lowest BCUT2D eigenvalue weighted by molar-refractivity contribution is -0.140. The van der Waals surface area contributed by atoms with Gasteiger partial charge in [-0.05, 0) is 13.3 Å². The van der Waals surface area contributed by atoms with Gasteiger partial charge in [-0.1, -0.05) is 45.4 Å². The second kappa shape index (κ2) is 8.09. The summed E-state index contributed by atoms with van der Waals surface area (Å²) in [5.74, 6) is -1.54. The maximum Gasteiger partial charge on any atom is 0.306 e. The van der Waals surface area contributed by atoms with Crippen LogP contribution < -0.4 is 0 Å². The lowest BCUT2D eigenvalue weighted by Gasteiger charge is -2.04. The van der Waals surface area contributed by atoms with E-state index in [2.05, 4.69) is 6.92 Å². The predicted octanol–water partition coefficient (Wildman–Crippen LogP) is 3.15. The number of rotatable bonds is 8. The zero-order valence-corrected chi connectivity index (χ0v) is 8.46. The van der Waals surface area contributed by atoms with Crippen LogP contribution in [0.15, 0.2) is 0 Å². The average molecular weight is 184 g/mol. The fourth-order valence-corrected chi connectivity index (χ4v) is 1.27. The third-order valence-electron chi connectivity index (χ3n) is 2.19. The second-order valence-electron chi connectivity index (χ2n) is 3.50. The van der Waals surface area contributed by atoms with Crippen LogP contribution in [0.4, 0.5) is 0 Å². The van der Waals surface area contributed by atoms with E-state index >= 15 is 0 Å². The van der Waals surface area contributed by atoms with Crippen LogP contribution in [0.1, 0.15) is 51.9 Å². The zero-order chi connectivity index (χ0) is 10.1. The van der Waals surface area contributed by atoms with Crippen molar-refractivity contribution in [2.75, 3.05) is 0 Å². The molecule has 0 saturated carbocycles. The van der Waals surface area contributed by atoms with Crippen molar-refractivity contribution in [3.8, 4) is 0 Å². The Morgan fingerprint density at radius 2 is 1.77 bits per heavy atom. The lowest BCUT2D eigenvalue weighted by atomic mass is 10.0. The van der Waals surface area contributed by atoms with Gasteiger partial charge in [0.2, 0.25) is 0 Å². The molecule has 1 atom stereocenters. The van der Waals surface area contributed by atoms with Crippen molar-refractivity contribution in [3.05, 3.63) is 6.92 Å². The van der Waals surface area contributed by atoms with Gasteiger partial charge >= 0.3 is 5.97 Å². The standard InChI is InChI=1S/C11H20O2/c1-3-4-5-6-7-8-9-10(2)11(12)13/h2,10H,3-9H2,1H3,(H,12,13). The van der Waals surface area contributed by atoms with Gasteiger partial charge in [-0.2, -0.15) is 0 Å². The third kappa shape index (κ3) is 7.82. The highest BCUT2D eigenvalue weighted by atomic mass is 16.4. The van der Waals surface area contributed by atoms with E-state index in [0.717, 1.165) is 12.8 Å². The van der Waals surface area contributed by atoms with Crippen LogP contribution in [-0.4, -0.2) is 11.1 Å². The van der Waals surface area contributed by atoms with Gasteiger partial charge in [-0.15, -0.1) is 0 Å². The highest BCUT2D eigenvalue weighted by Gasteiger charge is 2.09. The summed E-state index contributed by atoms with van der Waals surface area (Å²) in [7, 11) is 0. The summed E-state index contributed by atoms with van der Waals surface area (Å²) in [5.41, 5.74) is 0. The van der Waals surface area contributed by atoms with E-state index in [1.54, 1.807) is 0 Å². The summed E-state index contributed by atoms with van der Waals surface area (Å²) >= 11 is 0. The van der Waals surface area contributed by atoms with E-state index in [-0.39, 0.29) is 0 Å². The maximum absolute atomic E-state index is 10.3. The quantitative estimate of drug-likeness (QED) is 0.588. The first-order valence-electron chi connectivity index (χ1n) is 5.17. The molecule has 2 radical (unpaired) electrons. The maximum atomic E-state index is 10.3. The minimum atomic E-state index is -0.881. The van der Waals surface area contributed by atoms with Gasteiger partial charge in [-0.25, -0.2) is 0 Å². The number of hydrogen-bond donors (Lipinski definition) is 1. The highest BCUT2D eigenvalue weighted by Crippen LogP contribution is 2.11. The molecule has 0 amide bonds. The van der Waals surface area contributed by atoms with Crippen molar-refractivity contribution < 1.29 is 9.90 Å². The van der Waals surface area contributed by atoms with E-state index in [0.29, 0.717) is 6.42 Å². The van der Waals surface area contributed by atoms with Gasteiger partial charge in [0.15, 0.2) is 0 Å². The van der Waals surface area contributed by atoms with Crippen LogP contribution in [0.3, 0.4) is 0 Å². The van der Waals surface area contributed by atoms with Crippen molar-refractivity contribution in [2.45, 2.75) is 51.9 Å². The SMILES string of the molecule is [CH]C(CCCCCCCC)C(=O)O. The molecule has 2 heteroatoms. The minimum Gasteiger partial charge on any atom is -0.481 e. The van der Waals surface area contributed by atoms with Crippen LogP contribution in [0.5, 0.6) is 0 Å². The Labute approximate surface area is 81.3 Å². The van der Waals surface area contributed by atoms with Crippen LogP contribution in [0.2, 0.25) is 0 Å². The molecule has 2 nitrogen and oxygen atoms in total. The number of carbonyl (C=O) groups is 1. The molecule has 0 saturated heterocycles. The Morgan fingerprint density at radius 1 is 1.23 bits per heavy atom. The first-order chi connectivity index (χ1) is 6.18. The molecule has 0 aromatic heterocycles. The van der Waals surface area contributed by atoms with Gasteiger partial charge < -0.3 is 5.11 Å². The van der Waals surface area contributed by atoms with Crippen molar-refractivity contribution in [2.24, 2.45) is 5.92 Å². The normalized spacial score (nSPS) is 12.8. The fraction of sp³-hybridized carbons (Fsp3) is 0.818. The van der Waals surface area contributed by atoms with E-state index < -0.39 is 11.9 Å². The van der Waals surface area contributed by atoms with Crippen molar-refractivity contribution in [1.82, 2.24) is 0 Å². The predicted molar refractivity (Wildman–Crippen MR) is 53.4 cm³/mol. The molecule has 1 unspecified atom stereocenters. The molecular weight excluding hydrogens is 164 g/mol. The molecule has 0 aliphatic carbocycles. The lowest BCUT2D eigenvalue weighted by Crippen LogP contribution is -2.09. The van der Waals surface area contributed by atoms with Gasteiger partial charge in [0.25, 0.3) is 0 Å². The molecule has 1 N–H and O–H groups in total. The fourth-order valence-electron chi connectivity index (χ4n) is 1.27. The summed E-state index contributed by atoms with van der Waals surface area (Å²) in [4.78, 5) is 10.3. The third-order valence-corrected chi connectivity index (χ3v) is 2.19. The van der Waals surface area contributed by atoms with Gasteiger partial charge in [0.1, 0.15) is 0 Å². The van der Waals surface area contributed by atoms with Gasteiger partial charge in [0, 0.05) is 0 Å². The van der Waals surface area contributed by atoms with E-state index in [9.17, 15) is 4.79 Å². The molecule has 0 spiro atoms. The number of unbranched alkanes of at least 4 members (excludes halogenated alkanes) is 5. The molecule has 0 heterocycles. The Hall–Kier alpha value is -0.530. The van der Waals surface area contributed by atoms with Crippen molar-refractivity contribution in [3.63, 3.8) is 0 Å². The van der Waals surface area contributed by atoms with Crippen LogP contribution in [-0.2, 0) is 4.79 Å². The Balaban J connectivity index is 3.11. The van der Waals surface area contributed by atoms with Crippen molar-refractivity contribution in [1.29, 1.82) is 0 Å². The zero-order valence-electron chi connectivity index (χ0n) is 8.46. The number of hydrogen-bond acceptors (Lipinski definition) is 1. The summed E-state index contributed by atoms with van der Waals surface area (Å²) in [5, 5.41) is 8.50. The van der Waals surface area contributed by atoms with Crippen molar-refractivity contribution >= 4 is 5.97 Å². The monoisotopic (exact) mass is 184 g/mol. The number of aliphatic carboxylic acids is 1. The molecule has 0 aromatic carbocycles. The molecular formula is C11H20O2. The van der Waals surface area contributed by atoms with Gasteiger partial charge in [0.05, 0.1) is 5.92 Å². The molecule has 0 fully saturated rings. The van der Waals surface area contributed by atoms with Crippen LogP contribution in [0.25, 0.3) is 0 Å². The molecule has 0 aliphatic rings. The first kappa shape index (κ1) is 12.5. The molecule has 0 bridgehead atoms. The Morgan fingerprint density at radius 3 is 2.31 bits per heavy atom. The highest BCUT2D eigenvalue weighted by molar-refractivity contribution is 5.70.